The predicted octanol–water partition coefficient (Wildman–Crippen LogP) is 4.78. The minimum Gasteiger partial charge on any atom is -0.307 e. The highest BCUT2D eigenvalue weighted by molar-refractivity contribution is 7.99. The maximum Gasteiger partial charge on any atom is 0.0341 e. The Kier molecular flexibility index (Phi) is 4.49. The summed E-state index contributed by atoms with van der Waals surface area (Å²) in [5.41, 5.74) is 1.54. The summed E-state index contributed by atoms with van der Waals surface area (Å²) in [6.07, 6.45) is 8.27. The van der Waals surface area contributed by atoms with E-state index in [0.717, 1.165) is 12.0 Å². The molecule has 1 heterocycles. The highest BCUT2D eigenvalue weighted by atomic mass is 32.2. The molecule has 0 aromatic heterocycles. The van der Waals surface area contributed by atoms with E-state index in [1.54, 1.807) is 0 Å². The number of benzene rings is 1. The van der Waals surface area contributed by atoms with Gasteiger partial charge in [0.05, 0.1) is 0 Å². The van der Waals surface area contributed by atoms with E-state index in [0.29, 0.717) is 6.04 Å². The first-order valence-electron chi connectivity index (χ1n) is 7.84. The van der Waals surface area contributed by atoms with Gasteiger partial charge in [-0.2, -0.15) is 0 Å². The van der Waals surface area contributed by atoms with Crippen LogP contribution in [-0.2, 0) is 0 Å². The van der Waals surface area contributed by atoms with Crippen molar-refractivity contribution in [3.05, 3.63) is 29.8 Å². The van der Waals surface area contributed by atoms with Crippen LogP contribution in [-0.4, -0.2) is 11.8 Å². The molecular formula is C17H25NS. The third-order valence-electron chi connectivity index (χ3n) is 4.82. The molecule has 1 atom stereocenters. The minimum absolute atomic E-state index is 0.598. The van der Waals surface area contributed by atoms with Crippen molar-refractivity contribution < 1.29 is 0 Å². The molecule has 1 aromatic carbocycles. The number of fused-ring (bicyclic) bond motifs is 1. The molecule has 0 saturated heterocycles. The molecule has 1 aliphatic carbocycles. The molecule has 1 saturated carbocycles. The number of hydrogen-bond donors (Lipinski definition) is 1. The summed E-state index contributed by atoms with van der Waals surface area (Å²) >= 11 is 2.02. The summed E-state index contributed by atoms with van der Waals surface area (Å²) in [5.74, 6) is 2.26. The topological polar surface area (TPSA) is 12.0 Å². The van der Waals surface area contributed by atoms with Crippen LogP contribution in [0.25, 0.3) is 0 Å². The minimum atomic E-state index is 0.598. The second kappa shape index (κ2) is 6.32. The molecule has 1 nitrogen and oxygen atoms in total. The molecule has 1 aliphatic heterocycles. The van der Waals surface area contributed by atoms with Gasteiger partial charge in [0.25, 0.3) is 0 Å². The lowest BCUT2D eigenvalue weighted by Crippen LogP contribution is -2.37. The fourth-order valence-electron chi connectivity index (χ4n) is 3.54. The van der Waals surface area contributed by atoms with Gasteiger partial charge in [0.15, 0.2) is 0 Å². The maximum atomic E-state index is 3.95. The second-order valence-corrected chi connectivity index (χ2v) is 7.16. The summed E-state index contributed by atoms with van der Waals surface area (Å²) in [7, 11) is 0. The SMILES string of the molecule is CCC1CCC(NC2CCSc3ccccc32)CC1. The van der Waals surface area contributed by atoms with Crippen molar-refractivity contribution in [1.29, 1.82) is 0 Å². The quantitative estimate of drug-likeness (QED) is 0.852. The highest BCUT2D eigenvalue weighted by Crippen LogP contribution is 2.37. The molecule has 0 amide bonds. The second-order valence-electron chi connectivity index (χ2n) is 6.02. The average Bonchev–Trinajstić information content (AvgIpc) is 2.48. The number of hydrogen-bond acceptors (Lipinski definition) is 2. The Hall–Kier alpha value is -0.470. The number of thioether (sulfide) groups is 1. The predicted molar refractivity (Wildman–Crippen MR) is 83.7 cm³/mol. The van der Waals surface area contributed by atoms with Gasteiger partial charge in [-0.1, -0.05) is 31.5 Å². The van der Waals surface area contributed by atoms with E-state index in [1.807, 2.05) is 11.8 Å². The molecule has 3 rings (SSSR count). The van der Waals surface area contributed by atoms with Gasteiger partial charge in [0.1, 0.15) is 0 Å². The van der Waals surface area contributed by atoms with Crippen molar-refractivity contribution in [3.8, 4) is 0 Å². The summed E-state index contributed by atoms with van der Waals surface area (Å²) < 4.78 is 0. The van der Waals surface area contributed by atoms with Gasteiger partial charge in [-0.05, 0) is 55.4 Å². The first kappa shape index (κ1) is 13.5. The van der Waals surface area contributed by atoms with Crippen LogP contribution in [0.2, 0.25) is 0 Å². The summed E-state index contributed by atoms with van der Waals surface area (Å²) in [4.78, 5) is 1.49. The monoisotopic (exact) mass is 275 g/mol. The van der Waals surface area contributed by atoms with Crippen molar-refractivity contribution in [1.82, 2.24) is 5.32 Å². The average molecular weight is 275 g/mol. The summed E-state index contributed by atoms with van der Waals surface area (Å²) in [5, 5.41) is 3.95. The van der Waals surface area contributed by atoms with E-state index < -0.39 is 0 Å². The van der Waals surface area contributed by atoms with Crippen molar-refractivity contribution >= 4 is 11.8 Å². The third-order valence-corrected chi connectivity index (χ3v) is 5.94. The molecule has 1 unspecified atom stereocenters. The van der Waals surface area contributed by atoms with Gasteiger partial charge >= 0.3 is 0 Å². The van der Waals surface area contributed by atoms with Crippen molar-refractivity contribution in [2.75, 3.05) is 5.75 Å². The Bertz CT molecular complexity index is 409. The maximum absolute atomic E-state index is 3.95. The van der Waals surface area contributed by atoms with E-state index in [9.17, 15) is 0 Å². The Morgan fingerprint density at radius 1 is 1.11 bits per heavy atom. The molecule has 0 radical (unpaired) electrons. The van der Waals surface area contributed by atoms with E-state index in [4.69, 9.17) is 0 Å². The van der Waals surface area contributed by atoms with Crippen LogP contribution >= 0.6 is 11.8 Å². The van der Waals surface area contributed by atoms with Crippen LogP contribution in [0.3, 0.4) is 0 Å². The van der Waals surface area contributed by atoms with E-state index in [-0.39, 0.29) is 0 Å². The normalized spacial score (nSPS) is 30.9. The Balaban J connectivity index is 1.62. The van der Waals surface area contributed by atoms with Gasteiger partial charge in [-0.25, -0.2) is 0 Å². The third kappa shape index (κ3) is 3.17. The molecule has 19 heavy (non-hydrogen) atoms. The van der Waals surface area contributed by atoms with Crippen LogP contribution in [0.15, 0.2) is 29.2 Å². The van der Waals surface area contributed by atoms with Crippen LogP contribution in [0.4, 0.5) is 0 Å². The first-order valence-corrected chi connectivity index (χ1v) is 8.83. The molecule has 2 heteroatoms. The molecule has 1 N–H and O–H groups in total. The molecule has 104 valence electrons. The number of rotatable bonds is 3. The molecule has 0 bridgehead atoms. The van der Waals surface area contributed by atoms with E-state index in [2.05, 4.69) is 36.5 Å². The van der Waals surface area contributed by atoms with Gasteiger partial charge in [-0.15, -0.1) is 11.8 Å². The lowest BCUT2D eigenvalue weighted by Gasteiger charge is -2.34. The standard InChI is InChI=1S/C17H25NS/c1-2-13-7-9-14(10-8-13)18-16-11-12-19-17-6-4-3-5-15(16)17/h3-6,13-14,16,18H,2,7-12H2,1H3. The Morgan fingerprint density at radius 2 is 1.89 bits per heavy atom. The largest absolute Gasteiger partial charge is 0.307 e. The van der Waals surface area contributed by atoms with Crippen LogP contribution in [0.5, 0.6) is 0 Å². The van der Waals surface area contributed by atoms with Crippen molar-refractivity contribution in [3.63, 3.8) is 0 Å². The lowest BCUT2D eigenvalue weighted by atomic mass is 9.84. The molecule has 1 fully saturated rings. The molecule has 1 aromatic rings. The fraction of sp³-hybridized carbons (Fsp3) is 0.647. The zero-order valence-electron chi connectivity index (χ0n) is 11.9. The van der Waals surface area contributed by atoms with Gasteiger partial charge in [0, 0.05) is 17.0 Å². The first-order chi connectivity index (χ1) is 9.36. The van der Waals surface area contributed by atoms with Gasteiger partial charge < -0.3 is 5.32 Å². The molecular weight excluding hydrogens is 250 g/mol. The molecule has 2 aliphatic rings. The number of nitrogens with one attached hydrogen (secondary N) is 1. The zero-order valence-corrected chi connectivity index (χ0v) is 12.7. The zero-order chi connectivity index (χ0) is 13.1. The Labute approximate surface area is 121 Å². The fourth-order valence-corrected chi connectivity index (χ4v) is 4.66. The van der Waals surface area contributed by atoms with E-state index >= 15 is 0 Å². The van der Waals surface area contributed by atoms with Gasteiger partial charge in [0.2, 0.25) is 0 Å². The van der Waals surface area contributed by atoms with Crippen LogP contribution in [0, 0.1) is 5.92 Å². The Morgan fingerprint density at radius 3 is 2.68 bits per heavy atom. The van der Waals surface area contributed by atoms with Crippen molar-refractivity contribution in [2.24, 2.45) is 5.92 Å². The summed E-state index contributed by atoms with van der Waals surface area (Å²) in [6, 6.07) is 10.3. The lowest BCUT2D eigenvalue weighted by molar-refractivity contribution is 0.266. The highest BCUT2D eigenvalue weighted by Gasteiger charge is 2.25. The van der Waals surface area contributed by atoms with Gasteiger partial charge in [-0.3, -0.25) is 0 Å². The van der Waals surface area contributed by atoms with Crippen molar-refractivity contribution in [2.45, 2.75) is 62.4 Å². The van der Waals surface area contributed by atoms with E-state index in [1.165, 1.54) is 54.7 Å². The molecule has 0 spiro atoms. The van der Waals surface area contributed by atoms with Crippen LogP contribution < -0.4 is 5.32 Å². The summed E-state index contributed by atoms with van der Waals surface area (Å²) in [6.45, 7) is 2.34. The smallest absolute Gasteiger partial charge is 0.0341 e. The van der Waals surface area contributed by atoms with Crippen LogP contribution in [0.1, 0.15) is 57.1 Å².